The van der Waals surface area contributed by atoms with Crippen LogP contribution < -0.4 is 0 Å². The molecule has 0 fully saturated rings. The summed E-state index contributed by atoms with van der Waals surface area (Å²) in [5.74, 6) is 0.774. The number of aryl methyl sites for hydroxylation is 3. The second-order valence-corrected chi connectivity index (χ2v) is 3.73. The van der Waals surface area contributed by atoms with E-state index in [1.807, 2.05) is 13.8 Å². The van der Waals surface area contributed by atoms with Gasteiger partial charge in [0.1, 0.15) is 11.5 Å². The van der Waals surface area contributed by atoms with Crippen LogP contribution in [0.25, 0.3) is 11.0 Å². The van der Waals surface area contributed by atoms with Crippen LogP contribution in [0, 0.1) is 13.8 Å². The monoisotopic (exact) mass is 209 g/mol. The molecule has 0 saturated carbocycles. The van der Waals surface area contributed by atoms with Crippen molar-refractivity contribution in [3.05, 3.63) is 22.2 Å². The SMILES string of the molecule is CCc1[nH]c2nc(C)nc(C)c2c1Cl. The molecule has 0 radical (unpaired) electrons. The smallest absolute Gasteiger partial charge is 0.143 e. The standard InChI is InChI=1S/C10H12ClN3/c1-4-7-9(11)8-5(2)12-6(3)13-10(8)14-7/h4H2,1-3H3,(H,12,13,14). The zero-order valence-electron chi connectivity index (χ0n) is 8.48. The van der Waals surface area contributed by atoms with E-state index in [2.05, 4.69) is 21.9 Å². The third-order valence-electron chi connectivity index (χ3n) is 2.31. The summed E-state index contributed by atoms with van der Waals surface area (Å²) in [5, 5.41) is 1.72. The van der Waals surface area contributed by atoms with Crippen molar-refractivity contribution >= 4 is 22.6 Å². The number of hydrogen-bond acceptors (Lipinski definition) is 2. The lowest BCUT2D eigenvalue weighted by Crippen LogP contribution is -1.91. The van der Waals surface area contributed by atoms with Crippen molar-refractivity contribution in [3.8, 4) is 0 Å². The highest BCUT2D eigenvalue weighted by molar-refractivity contribution is 6.36. The predicted molar refractivity (Wildman–Crippen MR) is 57.8 cm³/mol. The van der Waals surface area contributed by atoms with E-state index in [0.29, 0.717) is 0 Å². The van der Waals surface area contributed by atoms with Gasteiger partial charge in [-0.15, -0.1) is 0 Å². The Balaban J connectivity index is 2.85. The van der Waals surface area contributed by atoms with Crippen molar-refractivity contribution in [2.24, 2.45) is 0 Å². The maximum Gasteiger partial charge on any atom is 0.143 e. The Kier molecular flexibility index (Phi) is 2.19. The van der Waals surface area contributed by atoms with E-state index < -0.39 is 0 Å². The fraction of sp³-hybridized carbons (Fsp3) is 0.400. The summed E-state index contributed by atoms with van der Waals surface area (Å²) in [6.45, 7) is 5.90. The second kappa shape index (κ2) is 3.24. The first-order valence-corrected chi connectivity index (χ1v) is 5.02. The van der Waals surface area contributed by atoms with Gasteiger partial charge in [0.25, 0.3) is 0 Å². The first kappa shape index (κ1) is 9.46. The van der Waals surface area contributed by atoms with Gasteiger partial charge in [-0.2, -0.15) is 0 Å². The number of nitrogens with zero attached hydrogens (tertiary/aromatic N) is 2. The van der Waals surface area contributed by atoms with Crippen LogP contribution in [0.5, 0.6) is 0 Å². The zero-order valence-corrected chi connectivity index (χ0v) is 9.24. The topological polar surface area (TPSA) is 41.6 Å². The number of halogens is 1. The highest BCUT2D eigenvalue weighted by Crippen LogP contribution is 2.28. The molecular weight excluding hydrogens is 198 g/mol. The Labute approximate surface area is 87.5 Å². The van der Waals surface area contributed by atoms with E-state index in [9.17, 15) is 0 Å². The molecule has 1 N–H and O–H groups in total. The third kappa shape index (κ3) is 1.28. The third-order valence-corrected chi connectivity index (χ3v) is 2.73. The van der Waals surface area contributed by atoms with Crippen LogP contribution in [0.4, 0.5) is 0 Å². The number of fused-ring (bicyclic) bond motifs is 1. The van der Waals surface area contributed by atoms with Crippen LogP contribution in [0.2, 0.25) is 5.02 Å². The molecule has 0 unspecified atom stereocenters. The minimum absolute atomic E-state index is 0.764. The molecule has 0 aliphatic carbocycles. The summed E-state index contributed by atoms with van der Waals surface area (Å²) in [6.07, 6.45) is 0.883. The number of H-pyrrole nitrogens is 1. The van der Waals surface area contributed by atoms with Crippen molar-refractivity contribution in [1.82, 2.24) is 15.0 Å². The normalized spacial score (nSPS) is 11.1. The molecule has 4 heteroatoms. The van der Waals surface area contributed by atoms with Crippen LogP contribution in [-0.2, 0) is 6.42 Å². The van der Waals surface area contributed by atoms with Crippen molar-refractivity contribution in [2.45, 2.75) is 27.2 Å². The van der Waals surface area contributed by atoms with Gasteiger partial charge in [0.15, 0.2) is 0 Å². The molecule has 3 nitrogen and oxygen atoms in total. The lowest BCUT2D eigenvalue weighted by atomic mass is 10.2. The maximum atomic E-state index is 6.20. The lowest BCUT2D eigenvalue weighted by Gasteiger charge is -1.97. The number of nitrogens with one attached hydrogen (secondary N) is 1. The van der Waals surface area contributed by atoms with Gasteiger partial charge in [-0.25, -0.2) is 9.97 Å². The average molecular weight is 210 g/mol. The van der Waals surface area contributed by atoms with E-state index in [-0.39, 0.29) is 0 Å². The summed E-state index contributed by atoms with van der Waals surface area (Å²) in [6, 6.07) is 0. The number of aromatic nitrogens is 3. The fourth-order valence-corrected chi connectivity index (χ4v) is 2.07. The molecule has 2 heterocycles. The van der Waals surface area contributed by atoms with Crippen molar-refractivity contribution in [3.63, 3.8) is 0 Å². The van der Waals surface area contributed by atoms with Gasteiger partial charge in [-0.05, 0) is 20.3 Å². The maximum absolute atomic E-state index is 6.20. The highest BCUT2D eigenvalue weighted by atomic mass is 35.5. The number of hydrogen-bond donors (Lipinski definition) is 1. The van der Waals surface area contributed by atoms with Crippen molar-refractivity contribution in [2.75, 3.05) is 0 Å². The Morgan fingerprint density at radius 3 is 2.64 bits per heavy atom. The molecule has 0 aliphatic heterocycles. The molecule has 0 atom stereocenters. The largest absolute Gasteiger partial charge is 0.342 e. The first-order chi connectivity index (χ1) is 6.63. The van der Waals surface area contributed by atoms with Gasteiger partial charge in [0, 0.05) is 5.69 Å². The molecule has 14 heavy (non-hydrogen) atoms. The average Bonchev–Trinajstić information content (AvgIpc) is 2.42. The van der Waals surface area contributed by atoms with E-state index in [1.54, 1.807) is 0 Å². The Morgan fingerprint density at radius 2 is 2.00 bits per heavy atom. The molecule has 2 aromatic rings. The first-order valence-electron chi connectivity index (χ1n) is 4.64. The van der Waals surface area contributed by atoms with Gasteiger partial charge >= 0.3 is 0 Å². The van der Waals surface area contributed by atoms with Gasteiger partial charge < -0.3 is 4.98 Å². The highest BCUT2D eigenvalue weighted by Gasteiger charge is 2.12. The quantitative estimate of drug-likeness (QED) is 0.785. The predicted octanol–water partition coefficient (Wildman–Crippen LogP) is 2.79. The van der Waals surface area contributed by atoms with Gasteiger partial charge in [0.2, 0.25) is 0 Å². The molecule has 0 aliphatic rings. The summed E-state index contributed by atoms with van der Waals surface area (Å²) in [7, 11) is 0. The van der Waals surface area contributed by atoms with E-state index >= 15 is 0 Å². The van der Waals surface area contributed by atoms with Crippen LogP contribution >= 0.6 is 11.6 Å². The minimum atomic E-state index is 0.764. The van der Waals surface area contributed by atoms with Crippen LogP contribution in [0.15, 0.2) is 0 Å². The van der Waals surface area contributed by atoms with E-state index in [1.165, 1.54) is 0 Å². The van der Waals surface area contributed by atoms with Crippen LogP contribution in [-0.4, -0.2) is 15.0 Å². The van der Waals surface area contributed by atoms with Crippen molar-refractivity contribution < 1.29 is 0 Å². The van der Waals surface area contributed by atoms with Gasteiger partial charge in [0.05, 0.1) is 16.1 Å². The molecule has 0 bridgehead atoms. The zero-order chi connectivity index (χ0) is 10.3. The summed E-state index contributed by atoms with van der Waals surface area (Å²) < 4.78 is 0. The second-order valence-electron chi connectivity index (χ2n) is 3.35. The van der Waals surface area contributed by atoms with E-state index in [0.717, 1.165) is 39.7 Å². The summed E-state index contributed by atoms with van der Waals surface area (Å²) in [5.41, 5.74) is 2.81. The van der Waals surface area contributed by atoms with Crippen LogP contribution in [0.1, 0.15) is 24.1 Å². The number of rotatable bonds is 1. The molecule has 2 aromatic heterocycles. The van der Waals surface area contributed by atoms with E-state index in [4.69, 9.17) is 11.6 Å². The molecule has 0 saturated heterocycles. The molecule has 2 rings (SSSR count). The van der Waals surface area contributed by atoms with Crippen LogP contribution in [0.3, 0.4) is 0 Å². The molecule has 74 valence electrons. The summed E-state index contributed by atoms with van der Waals surface area (Å²) >= 11 is 6.20. The van der Waals surface area contributed by atoms with Crippen molar-refractivity contribution in [1.29, 1.82) is 0 Å². The molecule has 0 amide bonds. The number of aromatic amines is 1. The molecule has 0 spiro atoms. The lowest BCUT2D eigenvalue weighted by molar-refractivity contribution is 1.03. The Morgan fingerprint density at radius 1 is 1.29 bits per heavy atom. The Hall–Kier alpha value is -1.09. The summed E-state index contributed by atoms with van der Waals surface area (Å²) in [4.78, 5) is 11.8. The Bertz CT molecular complexity index is 488. The molecule has 0 aromatic carbocycles. The fourth-order valence-electron chi connectivity index (χ4n) is 1.66. The minimum Gasteiger partial charge on any atom is -0.342 e. The molecular formula is C10H12ClN3. The van der Waals surface area contributed by atoms with Gasteiger partial charge in [-0.3, -0.25) is 0 Å². The van der Waals surface area contributed by atoms with Gasteiger partial charge in [-0.1, -0.05) is 18.5 Å².